The molecule has 0 saturated heterocycles. The van der Waals surface area contributed by atoms with E-state index in [0.717, 1.165) is 19.3 Å². The molecule has 2 aromatic carbocycles. The highest BCUT2D eigenvalue weighted by molar-refractivity contribution is 5.78. The molecule has 5 rings (SSSR count). The molecule has 1 nitrogen and oxygen atoms in total. The van der Waals surface area contributed by atoms with Gasteiger partial charge in [-0.25, -0.2) is 0 Å². The van der Waals surface area contributed by atoms with Crippen molar-refractivity contribution in [1.82, 2.24) is 4.98 Å². The van der Waals surface area contributed by atoms with E-state index in [0.29, 0.717) is 5.92 Å². The zero-order valence-electron chi connectivity index (χ0n) is 14.3. The molecule has 25 heavy (non-hydrogen) atoms. The summed E-state index contributed by atoms with van der Waals surface area (Å²) in [6, 6.07) is 19.8. The zero-order chi connectivity index (χ0) is 16.6. The first-order valence-electron chi connectivity index (χ1n) is 9.20. The van der Waals surface area contributed by atoms with Crippen molar-refractivity contribution in [2.75, 3.05) is 0 Å². The topological polar surface area (TPSA) is 12.9 Å². The molecule has 1 aromatic heterocycles. The van der Waals surface area contributed by atoms with Gasteiger partial charge in [-0.3, -0.25) is 4.98 Å². The van der Waals surface area contributed by atoms with E-state index in [1.54, 1.807) is 11.1 Å². The van der Waals surface area contributed by atoms with E-state index in [9.17, 15) is 0 Å². The lowest BCUT2D eigenvalue weighted by Gasteiger charge is -2.31. The Balaban J connectivity index is 1.64. The first kappa shape index (κ1) is 14.7. The van der Waals surface area contributed by atoms with Crippen molar-refractivity contribution in [2.45, 2.75) is 31.6 Å². The van der Waals surface area contributed by atoms with Crippen molar-refractivity contribution in [2.24, 2.45) is 0 Å². The largest absolute Gasteiger partial charge is 0.261 e. The van der Waals surface area contributed by atoms with E-state index in [1.807, 2.05) is 12.3 Å². The third kappa shape index (κ3) is 2.51. The minimum absolute atomic E-state index is 0.510. The first-order chi connectivity index (χ1) is 12.4. The van der Waals surface area contributed by atoms with Crippen LogP contribution in [-0.4, -0.2) is 4.98 Å². The summed E-state index contributed by atoms with van der Waals surface area (Å²) < 4.78 is 0. The molecule has 0 bridgehead atoms. The molecule has 1 atom stereocenters. The summed E-state index contributed by atoms with van der Waals surface area (Å²) >= 11 is 0. The molecule has 1 unspecified atom stereocenters. The van der Waals surface area contributed by atoms with Crippen LogP contribution in [0.25, 0.3) is 17.2 Å². The Kier molecular flexibility index (Phi) is 3.52. The van der Waals surface area contributed by atoms with Gasteiger partial charge in [-0.1, -0.05) is 54.6 Å². The van der Waals surface area contributed by atoms with Gasteiger partial charge in [0.1, 0.15) is 0 Å². The highest BCUT2D eigenvalue weighted by Crippen LogP contribution is 2.43. The van der Waals surface area contributed by atoms with Crippen molar-refractivity contribution in [3.63, 3.8) is 0 Å². The van der Waals surface area contributed by atoms with Crippen LogP contribution in [0.1, 0.15) is 40.3 Å². The molecule has 2 aliphatic carbocycles. The molecule has 0 aliphatic heterocycles. The average molecular weight is 323 g/mol. The third-order valence-electron chi connectivity index (χ3n) is 5.65. The predicted octanol–water partition coefficient (Wildman–Crippen LogP) is 5.59. The Morgan fingerprint density at radius 1 is 0.880 bits per heavy atom. The number of nitrogens with zero attached hydrogens (tertiary/aromatic N) is 1. The van der Waals surface area contributed by atoms with Crippen LogP contribution < -0.4 is 0 Å². The first-order valence-corrected chi connectivity index (χ1v) is 9.20. The predicted molar refractivity (Wildman–Crippen MR) is 104 cm³/mol. The molecule has 0 amide bonds. The lowest BCUT2D eigenvalue weighted by atomic mass is 9.73. The molecule has 2 aliphatic rings. The Bertz CT molecular complexity index is 953. The van der Waals surface area contributed by atoms with E-state index >= 15 is 0 Å². The number of rotatable bonds is 2. The average Bonchev–Trinajstić information content (AvgIpc) is 2.69. The zero-order valence-corrected chi connectivity index (χ0v) is 14.3. The Morgan fingerprint density at radius 3 is 2.72 bits per heavy atom. The normalized spacial score (nSPS) is 17.5. The summed E-state index contributed by atoms with van der Waals surface area (Å²) in [5.41, 5.74) is 10.1. The smallest absolute Gasteiger partial charge is 0.0409 e. The molecule has 0 spiro atoms. The Labute approximate surface area is 149 Å². The van der Waals surface area contributed by atoms with Gasteiger partial charge in [0.05, 0.1) is 0 Å². The molecule has 0 N–H and O–H groups in total. The van der Waals surface area contributed by atoms with Crippen LogP contribution in [0.2, 0.25) is 0 Å². The molecule has 1 heteroatoms. The SMILES string of the molecule is C1=Cc2ccc3c(c2CC1)CC(Cc1ccccn1)c1ccccc1-3. The van der Waals surface area contributed by atoms with Crippen LogP contribution in [0.3, 0.4) is 0 Å². The van der Waals surface area contributed by atoms with E-state index < -0.39 is 0 Å². The van der Waals surface area contributed by atoms with Gasteiger partial charge in [0, 0.05) is 11.9 Å². The van der Waals surface area contributed by atoms with Gasteiger partial charge in [0.15, 0.2) is 0 Å². The number of allylic oxidation sites excluding steroid dienone is 1. The summed E-state index contributed by atoms with van der Waals surface area (Å²) in [7, 11) is 0. The summed E-state index contributed by atoms with van der Waals surface area (Å²) in [4.78, 5) is 4.58. The van der Waals surface area contributed by atoms with Crippen LogP contribution in [0.4, 0.5) is 0 Å². The van der Waals surface area contributed by atoms with E-state index in [2.05, 4.69) is 65.7 Å². The molecule has 0 fully saturated rings. The monoisotopic (exact) mass is 323 g/mol. The molecule has 0 saturated carbocycles. The van der Waals surface area contributed by atoms with Gasteiger partial charge in [0.25, 0.3) is 0 Å². The highest BCUT2D eigenvalue weighted by Gasteiger charge is 2.27. The van der Waals surface area contributed by atoms with Gasteiger partial charge in [-0.2, -0.15) is 0 Å². The van der Waals surface area contributed by atoms with Gasteiger partial charge >= 0.3 is 0 Å². The van der Waals surface area contributed by atoms with Gasteiger partial charge < -0.3 is 0 Å². The fourth-order valence-electron chi connectivity index (χ4n) is 4.49. The van der Waals surface area contributed by atoms with Gasteiger partial charge in [0.2, 0.25) is 0 Å². The molecule has 1 heterocycles. The van der Waals surface area contributed by atoms with Crippen LogP contribution in [-0.2, 0) is 19.3 Å². The number of hydrogen-bond donors (Lipinski definition) is 0. The van der Waals surface area contributed by atoms with E-state index in [-0.39, 0.29) is 0 Å². The summed E-state index contributed by atoms with van der Waals surface area (Å²) in [6.07, 6.45) is 11.0. The van der Waals surface area contributed by atoms with Gasteiger partial charge in [-0.05, 0) is 77.1 Å². The van der Waals surface area contributed by atoms with Crippen LogP contribution >= 0.6 is 0 Å². The summed E-state index contributed by atoms with van der Waals surface area (Å²) in [5, 5.41) is 0. The number of benzene rings is 2. The number of aromatic nitrogens is 1. The third-order valence-corrected chi connectivity index (χ3v) is 5.65. The Morgan fingerprint density at radius 2 is 1.80 bits per heavy atom. The maximum Gasteiger partial charge on any atom is 0.0409 e. The van der Waals surface area contributed by atoms with Crippen molar-refractivity contribution in [3.8, 4) is 11.1 Å². The van der Waals surface area contributed by atoms with Crippen LogP contribution in [0, 0.1) is 0 Å². The van der Waals surface area contributed by atoms with Crippen LogP contribution in [0.15, 0.2) is 66.9 Å². The van der Waals surface area contributed by atoms with Crippen LogP contribution in [0.5, 0.6) is 0 Å². The number of fused-ring (bicyclic) bond motifs is 5. The van der Waals surface area contributed by atoms with Gasteiger partial charge in [-0.15, -0.1) is 0 Å². The number of pyridine rings is 1. The molecule has 3 aromatic rings. The maximum atomic E-state index is 4.58. The van der Waals surface area contributed by atoms with Crippen molar-refractivity contribution in [3.05, 3.63) is 94.8 Å². The van der Waals surface area contributed by atoms with E-state index in [1.165, 1.54) is 34.4 Å². The molecule has 122 valence electrons. The number of hydrogen-bond acceptors (Lipinski definition) is 1. The second-order valence-corrected chi connectivity index (χ2v) is 7.11. The lowest BCUT2D eigenvalue weighted by molar-refractivity contribution is 0.656. The highest BCUT2D eigenvalue weighted by atomic mass is 14.7. The lowest BCUT2D eigenvalue weighted by Crippen LogP contribution is -2.17. The molecule has 0 radical (unpaired) electrons. The Hall–Kier alpha value is -2.67. The second-order valence-electron chi connectivity index (χ2n) is 7.11. The molecular formula is C24H21N. The summed E-state index contributed by atoms with van der Waals surface area (Å²) in [6.45, 7) is 0. The summed E-state index contributed by atoms with van der Waals surface area (Å²) in [5.74, 6) is 0.510. The minimum atomic E-state index is 0.510. The molecular weight excluding hydrogens is 302 g/mol. The fraction of sp³-hybridized carbons (Fsp3) is 0.208. The van der Waals surface area contributed by atoms with E-state index in [4.69, 9.17) is 0 Å². The fourth-order valence-corrected chi connectivity index (χ4v) is 4.49. The standard InChI is InChI=1S/C24H21N/c1-2-9-20-17(7-1)12-13-23-22-11-4-3-10-21(22)18(16-24(20)23)15-19-8-5-6-14-25-19/h1,3-8,10-14,18H,2,9,15-16H2. The maximum absolute atomic E-state index is 4.58. The van der Waals surface area contributed by atoms with Crippen molar-refractivity contribution in [1.29, 1.82) is 0 Å². The quantitative estimate of drug-likeness (QED) is 0.599. The minimum Gasteiger partial charge on any atom is -0.261 e. The van der Waals surface area contributed by atoms with Crippen molar-refractivity contribution < 1.29 is 0 Å². The second kappa shape index (κ2) is 6.00. The van der Waals surface area contributed by atoms with Crippen molar-refractivity contribution >= 4 is 6.08 Å².